The van der Waals surface area contributed by atoms with Gasteiger partial charge >= 0.3 is 0 Å². The third-order valence-electron chi connectivity index (χ3n) is 2.59. The summed E-state index contributed by atoms with van der Waals surface area (Å²) in [7, 11) is -3.18. The Balaban J connectivity index is 0. The molecule has 0 amide bonds. The van der Waals surface area contributed by atoms with Crippen LogP contribution in [0.5, 0.6) is 0 Å². The average molecular weight is 287 g/mol. The van der Waals surface area contributed by atoms with E-state index >= 15 is 0 Å². The number of nitrogens with two attached hydrogens (primary N) is 1. The highest BCUT2D eigenvalue weighted by Crippen LogP contribution is 2.08. The van der Waals surface area contributed by atoms with Gasteiger partial charge in [0.25, 0.3) is 0 Å². The van der Waals surface area contributed by atoms with Gasteiger partial charge < -0.3 is 5.73 Å². The maximum atomic E-state index is 11.8. The average Bonchev–Trinajstić information content (AvgIpc) is 2.14. The summed E-state index contributed by atoms with van der Waals surface area (Å²) in [5.41, 5.74) is 5.56. The van der Waals surface area contributed by atoms with Crippen LogP contribution in [0.25, 0.3) is 0 Å². The van der Waals surface area contributed by atoms with Crippen LogP contribution in [0.1, 0.15) is 40.5 Å². The van der Waals surface area contributed by atoms with Gasteiger partial charge in [-0.15, -0.1) is 12.4 Å². The van der Waals surface area contributed by atoms with E-state index in [0.29, 0.717) is 12.5 Å². The Morgan fingerprint density at radius 1 is 1.24 bits per heavy atom. The molecule has 0 bridgehead atoms. The van der Waals surface area contributed by atoms with E-state index in [1.807, 2.05) is 13.8 Å². The van der Waals surface area contributed by atoms with Gasteiger partial charge in [0.1, 0.15) is 0 Å². The van der Waals surface area contributed by atoms with Crippen molar-refractivity contribution >= 4 is 22.4 Å². The van der Waals surface area contributed by atoms with Gasteiger partial charge in [-0.2, -0.15) is 0 Å². The molecular formula is C11H27ClN2O2S. The van der Waals surface area contributed by atoms with E-state index in [9.17, 15) is 8.42 Å². The minimum absolute atomic E-state index is 0. The first-order chi connectivity index (χ1) is 7.30. The molecule has 0 saturated carbocycles. The smallest absolute Gasteiger partial charge is 0.212 e. The van der Waals surface area contributed by atoms with Crippen molar-refractivity contribution in [3.8, 4) is 0 Å². The normalized spacial score (nSPS) is 15.4. The van der Waals surface area contributed by atoms with E-state index in [1.54, 1.807) is 0 Å². The molecule has 0 aliphatic rings. The highest BCUT2D eigenvalue weighted by molar-refractivity contribution is 7.89. The zero-order chi connectivity index (χ0) is 12.8. The van der Waals surface area contributed by atoms with Gasteiger partial charge in [0.15, 0.2) is 0 Å². The Bertz CT molecular complexity index is 281. The molecule has 0 aromatic carbocycles. The zero-order valence-electron chi connectivity index (χ0n) is 11.3. The van der Waals surface area contributed by atoms with E-state index in [1.165, 1.54) is 0 Å². The molecule has 2 atom stereocenters. The van der Waals surface area contributed by atoms with Crippen LogP contribution < -0.4 is 10.5 Å². The maximum Gasteiger partial charge on any atom is 0.212 e. The number of nitrogens with one attached hydrogen (secondary N) is 1. The van der Waals surface area contributed by atoms with Gasteiger partial charge in [-0.1, -0.05) is 34.1 Å². The molecule has 0 fully saturated rings. The molecule has 0 heterocycles. The van der Waals surface area contributed by atoms with Crippen molar-refractivity contribution in [2.75, 3.05) is 12.3 Å². The minimum atomic E-state index is -3.18. The molecule has 0 saturated heterocycles. The lowest BCUT2D eigenvalue weighted by molar-refractivity contribution is 0.461. The first kappa shape index (κ1) is 19.5. The molecule has 17 heavy (non-hydrogen) atoms. The Morgan fingerprint density at radius 3 is 2.12 bits per heavy atom. The lowest BCUT2D eigenvalue weighted by Crippen LogP contribution is -2.42. The summed E-state index contributed by atoms with van der Waals surface area (Å²) in [6.45, 7) is 8.42. The zero-order valence-corrected chi connectivity index (χ0v) is 12.9. The molecule has 0 aliphatic heterocycles. The van der Waals surface area contributed by atoms with Crippen molar-refractivity contribution in [1.82, 2.24) is 4.72 Å². The van der Waals surface area contributed by atoms with Crippen molar-refractivity contribution < 1.29 is 8.42 Å². The van der Waals surface area contributed by atoms with E-state index in [-0.39, 0.29) is 30.1 Å². The molecule has 0 aliphatic carbocycles. The van der Waals surface area contributed by atoms with E-state index in [2.05, 4.69) is 18.6 Å². The molecule has 0 aromatic rings. The fourth-order valence-corrected chi connectivity index (χ4v) is 3.34. The SMILES string of the molecule is CCC(C)CS(=O)(=O)NC(CN)CC(C)C.Cl. The maximum absolute atomic E-state index is 11.8. The lowest BCUT2D eigenvalue weighted by Gasteiger charge is -2.20. The second-order valence-corrected chi connectivity index (χ2v) is 6.77. The van der Waals surface area contributed by atoms with Gasteiger partial charge in [-0.05, 0) is 18.3 Å². The lowest BCUT2D eigenvalue weighted by atomic mass is 10.1. The van der Waals surface area contributed by atoms with Crippen LogP contribution in [0.2, 0.25) is 0 Å². The molecule has 0 aromatic heterocycles. The van der Waals surface area contributed by atoms with Crippen molar-refractivity contribution in [2.24, 2.45) is 17.6 Å². The van der Waals surface area contributed by atoms with Crippen LogP contribution >= 0.6 is 12.4 Å². The van der Waals surface area contributed by atoms with Crippen molar-refractivity contribution in [1.29, 1.82) is 0 Å². The third-order valence-corrected chi connectivity index (χ3v) is 4.29. The molecule has 0 rings (SSSR count). The molecule has 3 N–H and O–H groups in total. The fraction of sp³-hybridized carbons (Fsp3) is 1.00. The van der Waals surface area contributed by atoms with Gasteiger partial charge in [-0.25, -0.2) is 13.1 Å². The molecule has 0 spiro atoms. The summed E-state index contributed by atoms with van der Waals surface area (Å²) < 4.78 is 26.3. The van der Waals surface area contributed by atoms with E-state index in [0.717, 1.165) is 12.8 Å². The van der Waals surface area contributed by atoms with Crippen molar-refractivity contribution in [2.45, 2.75) is 46.6 Å². The molecule has 2 unspecified atom stereocenters. The number of rotatable bonds is 8. The summed E-state index contributed by atoms with van der Waals surface area (Å²) >= 11 is 0. The van der Waals surface area contributed by atoms with Crippen molar-refractivity contribution in [3.05, 3.63) is 0 Å². The van der Waals surface area contributed by atoms with Crippen LogP contribution in [0.4, 0.5) is 0 Å². The van der Waals surface area contributed by atoms with Crippen LogP contribution in [-0.4, -0.2) is 26.8 Å². The second kappa shape index (κ2) is 9.14. The quantitative estimate of drug-likeness (QED) is 0.714. The van der Waals surface area contributed by atoms with Gasteiger partial charge in [0.2, 0.25) is 10.0 Å². The summed E-state index contributed by atoms with van der Waals surface area (Å²) in [5.74, 6) is 0.827. The predicted octanol–water partition coefficient (Wildman–Crippen LogP) is 1.75. The molecule has 6 heteroatoms. The van der Waals surface area contributed by atoms with Crippen LogP contribution in [-0.2, 0) is 10.0 Å². The summed E-state index contributed by atoms with van der Waals surface area (Å²) in [4.78, 5) is 0. The highest BCUT2D eigenvalue weighted by atomic mass is 35.5. The Hall–Kier alpha value is 0.160. The van der Waals surface area contributed by atoms with E-state index < -0.39 is 10.0 Å². The van der Waals surface area contributed by atoms with E-state index in [4.69, 9.17) is 5.73 Å². The molecule has 106 valence electrons. The van der Waals surface area contributed by atoms with Crippen LogP contribution in [0, 0.1) is 11.8 Å². The third kappa shape index (κ3) is 9.83. The topological polar surface area (TPSA) is 72.2 Å². The summed E-state index contributed by atoms with van der Waals surface area (Å²) in [6.07, 6.45) is 1.66. The molecule has 0 radical (unpaired) electrons. The number of hydrogen-bond acceptors (Lipinski definition) is 3. The first-order valence-corrected chi connectivity index (χ1v) is 7.66. The van der Waals surface area contributed by atoms with Crippen LogP contribution in [0.15, 0.2) is 0 Å². The van der Waals surface area contributed by atoms with Gasteiger partial charge in [0, 0.05) is 12.6 Å². The molecule has 4 nitrogen and oxygen atoms in total. The number of sulfonamides is 1. The standard InChI is InChI=1S/C11H26N2O2S.ClH/c1-5-10(4)8-16(14,15)13-11(7-12)6-9(2)3;/h9-11,13H,5-8,12H2,1-4H3;1H. The van der Waals surface area contributed by atoms with Gasteiger partial charge in [0.05, 0.1) is 5.75 Å². The largest absolute Gasteiger partial charge is 0.329 e. The number of halogens is 1. The fourth-order valence-electron chi connectivity index (χ4n) is 1.56. The Kier molecular flexibility index (Phi) is 10.5. The minimum Gasteiger partial charge on any atom is -0.329 e. The predicted molar refractivity (Wildman–Crippen MR) is 75.9 cm³/mol. The Labute approximate surface area is 112 Å². The Morgan fingerprint density at radius 2 is 1.76 bits per heavy atom. The second-order valence-electron chi connectivity index (χ2n) is 4.97. The monoisotopic (exact) mass is 286 g/mol. The van der Waals surface area contributed by atoms with Crippen LogP contribution in [0.3, 0.4) is 0 Å². The number of hydrogen-bond donors (Lipinski definition) is 2. The summed E-state index contributed by atoms with van der Waals surface area (Å²) in [6, 6.07) is -0.131. The highest BCUT2D eigenvalue weighted by Gasteiger charge is 2.19. The first-order valence-electron chi connectivity index (χ1n) is 6.00. The summed E-state index contributed by atoms with van der Waals surface area (Å²) in [5, 5.41) is 0. The van der Waals surface area contributed by atoms with Gasteiger partial charge in [-0.3, -0.25) is 0 Å². The van der Waals surface area contributed by atoms with Crippen molar-refractivity contribution in [3.63, 3.8) is 0 Å². The molecular weight excluding hydrogens is 260 g/mol.